The van der Waals surface area contributed by atoms with Gasteiger partial charge < -0.3 is 4.74 Å². The standard InChI is InChI=1S/C12H14BrN3O/c13-8-4-5-9-17-12-14-10-16(15-12)11-6-2-1-3-7-11/h1-3,6-7,10H,4-5,8-9H2. The SMILES string of the molecule is BrCCCCOc1ncn(-c2ccccc2)n1. The Morgan fingerprint density at radius 2 is 2.00 bits per heavy atom. The average molecular weight is 296 g/mol. The van der Waals surface area contributed by atoms with E-state index in [-0.39, 0.29) is 0 Å². The van der Waals surface area contributed by atoms with Gasteiger partial charge in [0.25, 0.3) is 0 Å². The highest BCUT2D eigenvalue weighted by atomic mass is 79.9. The highest BCUT2D eigenvalue weighted by Gasteiger charge is 2.02. The molecule has 0 amide bonds. The number of alkyl halides is 1. The van der Waals surface area contributed by atoms with Gasteiger partial charge in [-0.2, -0.15) is 4.98 Å². The third kappa shape index (κ3) is 3.56. The van der Waals surface area contributed by atoms with E-state index in [4.69, 9.17) is 4.74 Å². The molecule has 2 aromatic rings. The maximum absolute atomic E-state index is 5.45. The van der Waals surface area contributed by atoms with E-state index in [1.807, 2.05) is 30.3 Å². The van der Waals surface area contributed by atoms with Crippen LogP contribution >= 0.6 is 15.9 Å². The van der Waals surface area contributed by atoms with Crippen LogP contribution in [0.5, 0.6) is 6.01 Å². The number of unbranched alkanes of at least 4 members (excludes halogenated alkanes) is 1. The molecule has 0 atom stereocenters. The van der Waals surface area contributed by atoms with Crippen LogP contribution in [-0.4, -0.2) is 26.7 Å². The summed E-state index contributed by atoms with van der Waals surface area (Å²) in [6, 6.07) is 10.3. The number of hydrogen-bond acceptors (Lipinski definition) is 3. The lowest BCUT2D eigenvalue weighted by atomic mass is 10.3. The third-order valence-corrected chi connectivity index (χ3v) is 2.81. The lowest BCUT2D eigenvalue weighted by Gasteiger charge is -2.00. The van der Waals surface area contributed by atoms with Crippen LogP contribution in [0.1, 0.15) is 12.8 Å². The summed E-state index contributed by atoms with van der Waals surface area (Å²) in [5.74, 6) is 0. The topological polar surface area (TPSA) is 39.9 Å². The highest BCUT2D eigenvalue weighted by molar-refractivity contribution is 9.09. The second-order valence-corrected chi connectivity index (χ2v) is 4.34. The fourth-order valence-corrected chi connectivity index (χ4v) is 1.78. The molecule has 0 aliphatic rings. The van der Waals surface area contributed by atoms with Gasteiger partial charge in [-0.05, 0) is 25.0 Å². The van der Waals surface area contributed by atoms with Gasteiger partial charge in [-0.15, -0.1) is 5.10 Å². The van der Waals surface area contributed by atoms with Crippen LogP contribution in [-0.2, 0) is 0 Å². The van der Waals surface area contributed by atoms with Crippen LogP contribution in [0.4, 0.5) is 0 Å². The van der Waals surface area contributed by atoms with Gasteiger partial charge in [0.1, 0.15) is 6.33 Å². The molecule has 1 heterocycles. The van der Waals surface area contributed by atoms with Crippen LogP contribution in [0.3, 0.4) is 0 Å². The summed E-state index contributed by atoms with van der Waals surface area (Å²) in [4.78, 5) is 4.11. The Morgan fingerprint density at radius 1 is 1.18 bits per heavy atom. The Hall–Kier alpha value is -1.36. The van der Waals surface area contributed by atoms with Crippen molar-refractivity contribution in [2.75, 3.05) is 11.9 Å². The van der Waals surface area contributed by atoms with Gasteiger partial charge in [-0.3, -0.25) is 0 Å². The fraction of sp³-hybridized carbons (Fsp3) is 0.333. The van der Waals surface area contributed by atoms with Crippen LogP contribution < -0.4 is 4.74 Å². The number of para-hydroxylation sites is 1. The summed E-state index contributed by atoms with van der Waals surface area (Å²) in [5, 5.41) is 5.25. The van der Waals surface area contributed by atoms with Crippen molar-refractivity contribution in [1.29, 1.82) is 0 Å². The molecule has 90 valence electrons. The monoisotopic (exact) mass is 295 g/mol. The van der Waals surface area contributed by atoms with E-state index in [1.165, 1.54) is 0 Å². The molecule has 1 aromatic heterocycles. The fourth-order valence-electron chi connectivity index (χ4n) is 1.38. The number of aromatic nitrogens is 3. The Labute approximate surface area is 109 Å². The molecular formula is C12H14BrN3O. The molecule has 4 nitrogen and oxygen atoms in total. The number of ether oxygens (including phenoxy) is 1. The summed E-state index contributed by atoms with van der Waals surface area (Å²) in [7, 11) is 0. The van der Waals surface area contributed by atoms with Gasteiger partial charge in [0.2, 0.25) is 0 Å². The first-order valence-corrected chi connectivity index (χ1v) is 6.68. The normalized spacial score (nSPS) is 10.4. The van der Waals surface area contributed by atoms with Gasteiger partial charge in [-0.25, -0.2) is 4.68 Å². The van der Waals surface area contributed by atoms with Crippen LogP contribution in [0, 0.1) is 0 Å². The van der Waals surface area contributed by atoms with Crippen molar-refractivity contribution in [3.63, 3.8) is 0 Å². The summed E-state index contributed by atoms with van der Waals surface area (Å²) in [6.45, 7) is 0.657. The molecule has 0 bridgehead atoms. The molecule has 0 spiro atoms. The zero-order valence-electron chi connectivity index (χ0n) is 9.42. The molecule has 0 radical (unpaired) electrons. The van der Waals surface area contributed by atoms with E-state index < -0.39 is 0 Å². The van der Waals surface area contributed by atoms with Crippen molar-refractivity contribution < 1.29 is 4.74 Å². The minimum atomic E-state index is 0.434. The van der Waals surface area contributed by atoms with Crippen molar-refractivity contribution in [3.05, 3.63) is 36.7 Å². The lowest BCUT2D eigenvalue weighted by molar-refractivity contribution is 0.286. The first kappa shape index (κ1) is 12.1. The molecule has 17 heavy (non-hydrogen) atoms. The molecule has 0 saturated carbocycles. The molecule has 0 aliphatic heterocycles. The van der Waals surface area contributed by atoms with E-state index in [1.54, 1.807) is 11.0 Å². The van der Waals surface area contributed by atoms with Gasteiger partial charge in [0.15, 0.2) is 0 Å². The minimum Gasteiger partial charge on any atom is -0.462 e. The second kappa shape index (κ2) is 6.39. The van der Waals surface area contributed by atoms with E-state index in [0.29, 0.717) is 12.6 Å². The molecule has 0 fully saturated rings. The second-order valence-electron chi connectivity index (χ2n) is 3.55. The Morgan fingerprint density at radius 3 is 2.76 bits per heavy atom. The number of halogens is 1. The van der Waals surface area contributed by atoms with E-state index in [0.717, 1.165) is 23.9 Å². The summed E-state index contributed by atoms with van der Waals surface area (Å²) in [6.07, 6.45) is 3.76. The van der Waals surface area contributed by atoms with Crippen LogP contribution in [0.2, 0.25) is 0 Å². The largest absolute Gasteiger partial charge is 0.462 e. The number of nitrogens with zero attached hydrogens (tertiary/aromatic N) is 3. The van der Waals surface area contributed by atoms with E-state index >= 15 is 0 Å². The molecular weight excluding hydrogens is 282 g/mol. The Bertz CT molecular complexity index is 444. The van der Waals surface area contributed by atoms with Crippen molar-refractivity contribution in [1.82, 2.24) is 14.8 Å². The molecule has 2 rings (SSSR count). The van der Waals surface area contributed by atoms with Crippen molar-refractivity contribution in [2.45, 2.75) is 12.8 Å². The Balaban J connectivity index is 1.92. The van der Waals surface area contributed by atoms with Crippen LogP contribution in [0.15, 0.2) is 36.7 Å². The molecule has 0 N–H and O–H groups in total. The van der Waals surface area contributed by atoms with Crippen molar-refractivity contribution in [2.24, 2.45) is 0 Å². The Kier molecular flexibility index (Phi) is 4.55. The molecule has 1 aromatic carbocycles. The maximum Gasteiger partial charge on any atom is 0.335 e. The predicted molar refractivity (Wildman–Crippen MR) is 69.9 cm³/mol. The van der Waals surface area contributed by atoms with Gasteiger partial charge in [0, 0.05) is 5.33 Å². The van der Waals surface area contributed by atoms with Crippen molar-refractivity contribution >= 4 is 15.9 Å². The number of benzene rings is 1. The lowest BCUT2D eigenvalue weighted by Crippen LogP contribution is -2.00. The molecule has 0 aliphatic carbocycles. The minimum absolute atomic E-state index is 0.434. The summed E-state index contributed by atoms with van der Waals surface area (Å²) in [5.41, 5.74) is 0.982. The molecule has 5 heteroatoms. The highest BCUT2D eigenvalue weighted by Crippen LogP contribution is 2.08. The summed E-state index contributed by atoms with van der Waals surface area (Å²) < 4.78 is 7.15. The average Bonchev–Trinajstić information content (AvgIpc) is 2.85. The van der Waals surface area contributed by atoms with Gasteiger partial charge in [-0.1, -0.05) is 34.1 Å². The smallest absolute Gasteiger partial charge is 0.335 e. The van der Waals surface area contributed by atoms with Gasteiger partial charge >= 0.3 is 6.01 Å². The zero-order valence-corrected chi connectivity index (χ0v) is 11.0. The number of rotatable bonds is 6. The first-order valence-electron chi connectivity index (χ1n) is 5.56. The van der Waals surface area contributed by atoms with Crippen LogP contribution in [0.25, 0.3) is 5.69 Å². The zero-order chi connectivity index (χ0) is 11.9. The van der Waals surface area contributed by atoms with E-state index in [9.17, 15) is 0 Å². The third-order valence-electron chi connectivity index (χ3n) is 2.25. The summed E-state index contributed by atoms with van der Waals surface area (Å²) >= 11 is 3.38. The molecule has 0 saturated heterocycles. The first-order chi connectivity index (χ1) is 8.40. The van der Waals surface area contributed by atoms with Crippen molar-refractivity contribution in [3.8, 4) is 11.7 Å². The quantitative estimate of drug-likeness (QED) is 0.608. The number of hydrogen-bond donors (Lipinski definition) is 0. The van der Waals surface area contributed by atoms with E-state index in [2.05, 4.69) is 26.0 Å². The molecule has 0 unspecified atom stereocenters. The predicted octanol–water partition coefficient (Wildman–Crippen LogP) is 2.82. The maximum atomic E-state index is 5.45. The van der Waals surface area contributed by atoms with Gasteiger partial charge in [0.05, 0.1) is 12.3 Å².